The van der Waals surface area contributed by atoms with Gasteiger partial charge in [0.2, 0.25) is 5.91 Å². The molecule has 0 aromatic heterocycles. The number of carbonyl (C=O) groups is 2. The molecule has 2 rings (SSSR count). The number of nitrogens with one attached hydrogen (secondary N) is 1. The van der Waals surface area contributed by atoms with Crippen LogP contribution >= 0.6 is 0 Å². The minimum absolute atomic E-state index is 0.0166. The van der Waals surface area contributed by atoms with Gasteiger partial charge in [0.25, 0.3) is 0 Å². The van der Waals surface area contributed by atoms with E-state index in [4.69, 9.17) is 4.74 Å². The van der Waals surface area contributed by atoms with Crippen molar-refractivity contribution in [3.63, 3.8) is 0 Å². The van der Waals surface area contributed by atoms with Gasteiger partial charge in [-0.3, -0.25) is 4.79 Å². The molecule has 8 heteroatoms. The number of nitrogens with zero attached hydrogens (tertiary/aromatic N) is 4. The summed E-state index contributed by atoms with van der Waals surface area (Å²) in [6, 6.07) is 0. The van der Waals surface area contributed by atoms with E-state index >= 15 is 0 Å². The third kappa shape index (κ3) is 6.92. The van der Waals surface area contributed by atoms with Crippen molar-refractivity contribution in [3.05, 3.63) is 0 Å². The van der Waals surface area contributed by atoms with E-state index in [-0.39, 0.29) is 18.5 Å². The van der Waals surface area contributed by atoms with E-state index < -0.39 is 0 Å². The van der Waals surface area contributed by atoms with E-state index in [0.29, 0.717) is 38.7 Å². The van der Waals surface area contributed by atoms with Gasteiger partial charge in [0.1, 0.15) is 6.54 Å². The van der Waals surface area contributed by atoms with Gasteiger partial charge in [-0.15, -0.1) is 0 Å². The molecule has 1 saturated heterocycles. The first-order chi connectivity index (χ1) is 13.0. The summed E-state index contributed by atoms with van der Waals surface area (Å²) < 4.78 is 5.08. The van der Waals surface area contributed by atoms with Crippen molar-refractivity contribution < 1.29 is 14.3 Å². The smallest absolute Gasteiger partial charge is 0.409 e. The van der Waals surface area contributed by atoms with Crippen molar-refractivity contribution in [2.75, 3.05) is 60.0 Å². The molecule has 0 unspecified atom stereocenters. The first-order valence-electron chi connectivity index (χ1n) is 10.2. The molecule has 1 saturated carbocycles. The SMILES string of the molecule is CCOC(=O)N1CCN(C(=NCC(=O)N(C)C)NCC2CCCCC2)CC1. The fourth-order valence-electron chi connectivity index (χ4n) is 3.49. The molecule has 0 spiro atoms. The molecule has 0 atom stereocenters. The van der Waals surface area contributed by atoms with Crippen LogP contribution in [0.25, 0.3) is 0 Å². The summed E-state index contributed by atoms with van der Waals surface area (Å²) in [5.41, 5.74) is 0. The lowest BCUT2D eigenvalue weighted by Gasteiger charge is -2.36. The highest BCUT2D eigenvalue weighted by molar-refractivity contribution is 5.85. The number of hydrogen-bond acceptors (Lipinski definition) is 4. The molecule has 2 amide bonds. The van der Waals surface area contributed by atoms with Gasteiger partial charge in [-0.1, -0.05) is 19.3 Å². The van der Waals surface area contributed by atoms with Gasteiger partial charge in [0.15, 0.2) is 5.96 Å². The second-order valence-corrected chi connectivity index (χ2v) is 7.49. The molecule has 1 heterocycles. The van der Waals surface area contributed by atoms with Crippen molar-refractivity contribution in [2.24, 2.45) is 10.9 Å². The Labute approximate surface area is 162 Å². The topological polar surface area (TPSA) is 77.5 Å². The highest BCUT2D eigenvalue weighted by Crippen LogP contribution is 2.22. The number of ether oxygens (including phenoxy) is 1. The maximum Gasteiger partial charge on any atom is 0.409 e. The third-order valence-corrected chi connectivity index (χ3v) is 5.24. The van der Waals surface area contributed by atoms with Crippen molar-refractivity contribution >= 4 is 18.0 Å². The molecule has 154 valence electrons. The van der Waals surface area contributed by atoms with Gasteiger partial charge in [-0.2, -0.15) is 0 Å². The van der Waals surface area contributed by atoms with E-state index in [2.05, 4.69) is 15.2 Å². The summed E-state index contributed by atoms with van der Waals surface area (Å²) in [6.45, 7) is 5.81. The van der Waals surface area contributed by atoms with Gasteiger partial charge >= 0.3 is 6.09 Å². The summed E-state index contributed by atoms with van der Waals surface area (Å²) in [7, 11) is 3.48. The van der Waals surface area contributed by atoms with Gasteiger partial charge in [-0.25, -0.2) is 9.79 Å². The summed E-state index contributed by atoms with van der Waals surface area (Å²) in [4.78, 5) is 33.8. The van der Waals surface area contributed by atoms with Crippen LogP contribution < -0.4 is 5.32 Å². The number of rotatable bonds is 5. The van der Waals surface area contributed by atoms with Crippen LogP contribution in [0, 0.1) is 5.92 Å². The molecule has 1 aliphatic heterocycles. The normalized spacial score (nSPS) is 19.0. The number of hydrogen-bond donors (Lipinski definition) is 1. The number of likely N-dealkylation sites (N-methyl/N-ethyl adjacent to an activating group) is 1. The van der Waals surface area contributed by atoms with Gasteiger partial charge in [-0.05, 0) is 25.7 Å². The lowest BCUT2D eigenvalue weighted by Crippen LogP contribution is -2.54. The highest BCUT2D eigenvalue weighted by atomic mass is 16.6. The monoisotopic (exact) mass is 381 g/mol. The van der Waals surface area contributed by atoms with Gasteiger partial charge in [0, 0.05) is 46.8 Å². The zero-order valence-electron chi connectivity index (χ0n) is 17.1. The molecule has 2 fully saturated rings. The minimum Gasteiger partial charge on any atom is -0.450 e. The van der Waals surface area contributed by atoms with Crippen LogP contribution in [0.5, 0.6) is 0 Å². The Morgan fingerprint density at radius 2 is 1.70 bits per heavy atom. The fourth-order valence-corrected chi connectivity index (χ4v) is 3.49. The van der Waals surface area contributed by atoms with Crippen LogP contribution in [0.4, 0.5) is 4.79 Å². The molecule has 0 aromatic rings. The third-order valence-electron chi connectivity index (χ3n) is 5.24. The molecule has 0 bridgehead atoms. The number of carbonyl (C=O) groups excluding carboxylic acids is 2. The Morgan fingerprint density at radius 1 is 1.07 bits per heavy atom. The highest BCUT2D eigenvalue weighted by Gasteiger charge is 2.24. The van der Waals surface area contributed by atoms with Crippen LogP contribution in [0.1, 0.15) is 39.0 Å². The lowest BCUT2D eigenvalue weighted by atomic mass is 9.89. The summed E-state index contributed by atoms with van der Waals surface area (Å²) >= 11 is 0. The summed E-state index contributed by atoms with van der Waals surface area (Å²) in [6.07, 6.45) is 6.20. The van der Waals surface area contributed by atoms with E-state index in [9.17, 15) is 9.59 Å². The first-order valence-corrected chi connectivity index (χ1v) is 10.2. The van der Waals surface area contributed by atoms with Crippen LogP contribution in [-0.2, 0) is 9.53 Å². The van der Waals surface area contributed by atoms with E-state index in [0.717, 1.165) is 12.5 Å². The predicted molar refractivity (Wildman–Crippen MR) is 106 cm³/mol. The largest absolute Gasteiger partial charge is 0.450 e. The Balaban J connectivity index is 1.93. The van der Waals surface area contributed by atoms with Crippen LogP contribution in [0.2, 0.25) is 0 Å². The fraction of sp³-hybridized carbons (Fsp3) is 0.842. The average molecular weight is 382 g/mol. The number of aliphatic imine (C=N–C) groups is 1. The predicted octanol–water partition coefficient (Wildman–Crippen LogP) is 1.37. The minimum atomic E-state index is -0.256. The van der Waals surface area contributed by atoms with E-state index in [1.54, 1.807) is 23.9 Å². The van der Waals surface area contributed by atoms with Crippen molar-refractivity contribution in [2.45, 2.75) is 39.0 Å². The molecular weight excluding hydrogens is 346 g/mol. The maximum atomic E-state index is 12.0. The number of piperazine rings is 1. The molecule has 0 radical (unpaired) electrons. The number of guanidine groups is 1. The Kier molecular flexibility index (Phi) is 8.67. The molecule has 27 heavy (non-hydrogen) atoms. The molecule has 8 nitrogen and oxygen atoms in total. The molecule has 1 aliphatic carbocycles. The standard InChI is InChI=1S/C19H35N5O3/c1-4-27-19(26)24-12-10-23(11-13-24)18(21-15-17(25)22(2)3)20-14-16-8-6-5-7-9-16/h16H,4-15H2,1-3H3,(H,20,21). The van der Waals surface area contributed by atoms with E-state index in [1.165, 1.54) is 32.1 Å². The first kappa shape index (κ1) is 21.3. The van der Waals surface area contributed by atoms with Crippen LogP contribution in [0.3, 0.4) is 0 Å². The zero-order valence-corrected chi connectivity index (χ0v) is 17.1. The van der Waals surface area contributed by atoms with Gasteiger partial charge in [0.05, 0.1) is 6.61 Å². The van der Waals surface area contributed by atoms with Crippen molar-refractivity contribution in [3.8, 4) is 0 Å². The summed E-state index contributed by atoms with van der Waals surface area (Å²) in [5.74, 6) is 1.44. The van der Waals surface area contributed by atoms with Crippen molar-refractivity contribution in [1.29, 1.82) is 0 Å². The molecule has 1 N–H and O–H groups in total. The Bertz CT molecular complexity index is 509. The second kappa shape index (κ2) is 11.0. The van der Waals surface area contributed by atoms with Crippen LogP contribution in [0.15, 0.2) is 4.99 Å². The zero-order chi connectivity index (χ0) is 19.6. The maximum absolute atomic E-state index is 12.0. The Hall–Kier alpha value is -1.99. The van der Waals surface area contributed by atoms with Crippen LogP contribution in [-0.4, -0.2) is 92.6 Å². The number of amides is 2. The van der Waals surface area contributed by atoms with Gasteiger partial charge < -0.3 is 24.8 Å². The molecule has 0 aromatic carbocycles. The molecule has 2 aliphatic rings. The lowest BCUT2D eigenvalue weighted by molar-refractivity contribution is -0.127. The van der Waals surface area contributed by atoms with E-state index in [1.807, 2.05) is 6.92 Å². The summed E-state index contributed by atoms with van der Waals surface area (Å²) in [5, 5.41) is 3.49. The average Bonchev–Trinajstić information content (AvgIpc) is 2.69. The van der Waals surface area contributed by atoms with Crippen molar-refractivity contribution in [1.82, 2.24) is 20.0 Å². The second-order valence-electron chi connectivity index (χ2n) is 7.49. The molecular formula is C19H35N5O3. The quantitative estimate of drug-likeness (QED) is 0.575. The Morgan fingerprint density at radius 3 is 2.30 bits per heavy atom.